The molecule has 1 aromatic carbocycles. The first-order valence-corrected chi connectivity index (χ1v) is 6.89. The molecule has 1 saturated heterocycles. The summed E-state index contributed by atoms with van der Waals surface area (Å²) in [5, 5.41) is 0. The fourth-order valence-electron chi connectivity index (χ4n) is 3.06. The van der Waals surface area contributed by atoms with E-state index in [9.17, 15) is 4.79 Å². The van der Waals surface area contributed by atoms with Gasteiger partial charge in [0.15, 0.2) is 11.5 Å². The number of rotatable bonds is 1. The summed E-state index contributed by atoms with van der Waals surface area (Å²) in [6.45, 7) is 4.44. The molecule has 1 fully saturated rings. The highest BCUT2D eigenvalue weighted by molar-refractivity contribution is 5.98. The normalized spacial score (nSPS) is 25.5. The Morgan fingerprint density at radius 1 is 1.21 bits per heavy atom. The lowest BCUT2D eigenvalue weighted by molar-refractivity contribution is 0.0506. The van der Waals surface area contributed by atoms with Crippen LogP contribution in [-0.4, -0.2) is 29.7 Å². The van der Waals surface area contributed by atoms with Gasteiger partial charge in [-0.3, -0.25) is 4.79 Å². The molecule has 3 rings (SSSR count). The highest BCUT2D eigenvalue weighted by Gasteiger charge is 2.32. The maximum atomic E-state index is 12.8. The molecule has 2 aliphatic rings. The molecule has 2 unspecified atom stereocenters. The molecule has 1 aromatic rings. The van der Waals surface area contributed by atoms with E-state index in [1.54, 1.807) is 0 Å². The summed E-state index contributed by atoms with van der Waals surface area (Å²) in [6, 6.07) is 6.08. The van der Waals surface area contributed by atoms with Crippen molar-refractivity contribution in [2.45, 2.75) is 45.2 Å². The molecule has 2 heterocycles. The molecule has 0 radical (unpaired) electrons. The van der Waals surface area contributed by atoms with E-state index in [0.29, 0.717) is 17.1 Å². The van der Waals surface area contributed by atoms with Gasteiger partial charge in [0.2, 0.25) is 6.79 Å². The van der Waals surface area contributed by atoms with E-state index >= 15 is 0 Å². The van der Waals surface area contributed by atoms with Crippen molar-refractivity contribution in [1.29, 1.82) is 0 Å². The predicted octanol–water partition coefficient (Wildman–Crippen LogP) is 2.82. The van der Waals surface area contributed by atoms with Crippen LogP contribution in [0.2, 0.25) is 0 Å². The Bertz CT molecular complexity index is 490. The van der Waals surface area contributed by atoms with E-state index in [1.807, 2.05) is 23.1 Å². The summed E-state index contributed by atoms with van der Waals surface area (Å²) in [5.41, 5.74) is 0.621. The highest BCUT2D eigenvalue weighted by Crippen LogP contribution is 2.37. The zero-order chi connectivity index (χ0) is 13.4. The summed E-state index contributed by atoms with van der Waals surface area (Å²) in [5.74, 6) is 1.32. The minimum absolute atomic E-state index is 0.0575. The quantitative estimate of drug-likeness (QED) is 0.780. The number of carbonyl (C=O) groups is 1. The molecule has 2 atom stereocenters. The molecular weight excluding hydrogens is 242 g/mol. The van der Waals surface area contributed by atoms with Crippen molar-refractivity contribution in [3.63, 3.8) is 0 Å². The number of carbonyl (C=O) groups excluding carboxylic acids is 1. The number of ether oxygens (including phenoxy) is 2. The van der Waals surface area contributed by atoms with Crippen LogP contribution in [0.25, 0.3) is 0 Å². The molecule has 102 valence electrons. The largest absolute Gasteiger partial charge is 0.454 e. The van der Waals surface area contributed by atoms with E-state index in [4.69, 9.17) is 9.47 Å². The Labute approximate surface area is 113 Å². The molecule has 0 bridgehead atoms. The van der Waals surface area contributed by atoms with Crippen molar-refractivity contribution < 1.29 is 14.3 Å². The van der Waals surface area contributed by atoms with Gasteiger partial charge in [0.05, 0.1) is 5.56 Å². The van der Waals surface area contributed by atoms with Gasteiger partial charge >= 0.3 is 0 Å². The average Bonchev–Trinajstić information content (AvgIpc) is 2.86. The number of amides is 1. The summed E-state index contributed by atoms with van der Waals surface area (Å²) in [4.78, 5) is 14.8. The van der Waals surface area contributed by atoms with Crippen LogP contribution in [0.1, 0.15) is 43.5 Å². The lowest BCUT2D eigenvalue weighted by Crippen LogP contribution is -2.47. The number of piperidine rings is 1. The Balaban J connectivity index is 1.94. The second-order valence-corrected chi connectivity index (χ2v) is 5.38. The molecular formula is C15H19NO3. The van der Waals surface area contributed by atoms with Gasteiger partial charge in [-0.05, 0) is 45.2 Å². The fourth-order valence-corrected chi connectivity index (χ4v) is 3.06. The number of fused-ring (bicyclic) bond motifs is 1. The van der Waals surface area contributed by atoms with Crippen LogP contribution in [0.4, 0.5) is 0 Å². The van der Waals surface area contributed by atoms with Crippen LogP contribution < -0.4 is 9.47 Å². The summed E-state index contributed by atoms with van der Waals surface area (Å²) >= 11 is 0. The van der Waals surface area contributed by atoms with Crippen molar-refractivity contribution in [2.24, 2.45) is 0 Å². The van der Waals surface area contributed by atoms with Crippen LogP contribution >= 0.6 is 0 Å². The number of likely N-dealkylation sites (tertiary alicyclic amines) is 1. The third-order valence-corrected chi connectivity index (χ3v) is 4.06. The molecule has 4 heteroatoms. The smallest absolute Gasteiger partial charge is 0.258 e. The second kappa shape index (κ2) is 4.76. The summed E-state index contributed by atoms with van der Waals surface area (Å²) < 4.78 is 10.8. The van der Waals surface area contributed by atoms with E-state index in [-0.39, 0.29) is 24.8 Å². The van der Waals surface area contributed by atoms with E-state index in [0.717, 1.165) is 12.8 Å². The van der Waals surface area contributed by atoms with E-state index in [1.165, 1.54) is 6.42 Å². The minimum atomic E-state index is 0.0575. The summed E-state index contributed by atoms with van der Waals surface area (Å²) in [7, 11) is 0. The second-order valence-electron chi connectivity index (χ2n) is 5.38. The molecule has 2 aliphatic heterocycles. The standard InChI is InChI=1S/C15H19NO3/c1-10-5-3-6-11(2)16(10)15(17)12-7-4-8-13-14(12)19-9-18-13/h4,7-8,10-11H,3,5-6,9H2,1-2H3. The van der Waals surface area contributed by atoms with Crippen LogP contribution in [-0.2, 0) is 0 Å². The lowest BCUT2D eigenvalue weighted by Gasteiger charge is -2.39. The first-order chi connectivity index (χ1) is 9.18. The van der Waals surface area contributed by atoms with Gasteiger partial charge in [-0.1, -0.05) is 6.07 Å². The number of hydrogen-bond donors (Lipinski definition) is 0. The zero-order valence-electron chi connectivity index (χ0n) is 11.4. The average molecular weight is 261 g/mol. The zero-order valence-corrected chi connectivity index (χ0v) is 11.4. The molecule has 0 N–H and O–H groups in total. The van der Waals surface area contributed by atoms with E-state index in [2.05, 4.69) is 13.8 Å². The maximum Gasteiger partial charge on any atom is 0.258 e. The number of para-hydroxylation sites is 1. The molecule has 0 spiro atoms. The topological polar surface area (TPSA) is 38.8 Å². The highest BCUT2D eigenvalue weighted by atomic mass is 16.7. The first kappa shape index (κ1) is 12.3. The van der Waals surface area contributed by atoms with Crippen molar-refractivity contribution in [2.75, 3.05) is 6.79 Å². The third-order valence-electron chi connectivity index (χ3n) is 4.06. The molecule has 1 amide bonds. The Kier molecular flexibility index (Phi) is 3.09. The van der Waals surface area contributed by atoms with Crippen molar-refractivity contribution in [3.8, 4) is 11.5 Å². The molecule has 0 saturated carbocycles. The maximum absolute atomic E-state index is 12.8. The van der Waals surface area contributed by atoms with Gasteiger partial charge in [0.1, 0.15) is 0 Å². The Hall–Kier alpha value is -1.71. The van der Waals surface area contributed by atoms with Crippen molar-refractivity contribution in [1.82, 2.24) is 4.90 Å². The van der Waals surface area contributed by atoms with Gasteiger partial charge in [-0.2, -0.15) is 0 Å². The van der Waals surface area contributed by atoms with Crippen LogP contribution in [0.3, 0.4) is 0 Å². The SMILES string of the molecule is CC1CCCC(C)N1C(=O)c1cccc2c1OCO2. The van der Waals surface area contributed by atoms with Gasteiger partial charge in [-0.15, -0.1) is 0 Å². The Morgan fingerprint density at radius 2 is 1.95 bits per heavy atom. The lowest BCUT2D eigenvalue weighted by atomic mass is 9.96. The van der Waals surface area contributed by atoms with Gasteiger partial charge in [0.25, 0.3) is 5.91 Å². The van der Waals surface area contributed by atoms with Crippen LogP contribution in [0, 0.1) is 0 Å². The number of nitrogens with zero attached hydrogens (tertiary/aromatic N) is 1. The van der Waals surface area contributed by atoms with Crippen molar-refractivity contribution >= 4 is 5.91 Å². The fraction of sp³-hybridized carbons (Fsp3) is 0.533. The molecule has 0 aromatic heterocycles. The first-order valence-electron chi connectivity index (χ1n) is 6.89. The molecule has 0 aliphatic carbocycles. The molecule has 4 nitrogen and oxygen atoms in total. The number of hydrogen-bond acceptors (Lipinski definition) is 3. The Morgan fingerprint density at radius 3 is 2.68 bits per heavy atom. The van der Waals surface area contributed by atoms with Gasteiger partial charge in [0, 0.05) is 12.1 Å². The van der Waals surface area contributed by atoms with Crippen molar-refractivity contribution in [3.05, 3.63) is 23.8 Å². The van der Waals surface area contributed by atoms with Crippen LogP contribution in [0.5, 0.6) is 11.5 Å². The van der Waals surface area contributed by atoms with Crippen LogP contribution in [0.15, 0.2) is 18.2 Å². The third kappa shape index (κ3) is 2.05. The van der Waals surface area contributed by atoms with Gasteiger partial charge < -0.3 is 14.4 Å². The van der Waals surface area contributed by atoms with E-state index < -0.39 is 0 Å². The minimum Gasteiger partial charge on any atom is -0.454 e. The summed E-state index contributed by atoms with van der Waals surface area (Å²) in [6.07, 6.45) is 3.34. The monoisotopic (exact) mass is 261 g/mol. The predicted molar refractivity (Wildman–Crippen MR) is 71.5 cm³/mol. The van der Waals surface area contributed by atoms with Gasteiger partial charge in [-0.25, -0.2) is 0 Å². The number of benzene rings is 1. The molecule has 19 heavy (non-hydrogen) atoms.